The Bertz CT molecular complexity index is 732. The monoisotopic (exact) mass is 346 g/mol. The summed E-state index contributed by atoms with van der Waals surface area (Å²) in [6.45, 7) is 4.17. The molecule has 1 atom stereocenters. The number of carbonyl (C=O) groups is 1. The van der Waals surface area contributed by atoms with E-state index in [0.29, 0.717) is 5.92 Å². The van der Waals surface area contributed by atoms with Gasteiger partial charge in [0.2, 0.25) is 0 Å². The highest BCUT2D eigenvalue weighted by atomic mass is 35.5. The number of non-ortho nitro benzene ring substituents is 1. The van der Waals surface area contributed by atoms with E-state index < -0.39 is 4.92 Å². The minimum absolute atomic E-state index is 0.0676. The predicted molar refractivity (Wildman–Crippen MR) is 94.2 cm³/mol. The van der Waals surface area contributed by atoms with Gasteiger partial charge in [-0.25, -0.2) is 0 Å². The first kappa shape index (κ1) is 17.9. The third-order valence-corrected chi connectivity index (χ3v) is 3.94. The molecule has 0 saturated heterocycles. The summed E-state index contributed by atoms with van der Waals surface area (Å²) >= 11 is 6.04. The molecule has 1 N–H and O–H groups in total. The van der Waals surface area contributed by atoms with E-state index in [1.807, 2.05) is 30.3 Å². The van der Waals surface area contributed by atoms with Crippen molar-refractivity contribution in [3.05, 3.63) is 74.8 Å². The van der Waals surface area contributed by atoms with Gasteiger partial charge in [-0.2, -0.15) is 0 Å². The van der Waals surface area contributed by atoms with Crippen LogP contribution in [0.25, 0.3) is 0 Å². The molecule has 0 heterocycles. The molecular weight excluding hydrogens is 328 g/mol. The molecule has 1 amide bonds. The summed E-state index contributed by atoms with van der Waals surface area (Å²) in [7, 11) is 0. The van der Waals surface area contributed by atoms with E-state index in [2.05, 4.69) is 19.2 Å². The molecule has 2 aromatic carbocycles. The lowest BCUT2D eigenvalue weighted by Gasteiger charge is -2.21. The molecule has 2 aromatic rings. The van der Waals surface area contributed by atoms with Crippen molar-refractivity contribution in [1.29, 1.82) is 0 Å². The molecule has 0 spiro atoms. The maximum absolute atomic E-state index is 12.5. The number of rotatable bonds is 6. The Morgan fingerprint density at radius 1 is 1.21 bits per heavy atom. The van der Waals surface area contributed by atoms with Gasteiger partial charge in [0.15, 0.2) is 0 Å². The molecular formula is C18H19ClN2O3. The zero-order valence-corrected chi connectivity index (χ0v) is 14.3. The summed E-state index contributed by atoms with van der Waals surface area (Å²) < 4.78 is 0. The lowest BCUT2D eigenvalue weighted by atomic mass is 9.96. The first-order valence-electron chi connectivity index (χ1n) is 7.68. The van der Waals surface area contributed by atoms with E-state index in [-0.39, 0.29) is 28.2 Å². The number of amides is 1. The average molecular weight is 347 g/mol. The minimum atomic E-state index is -0.543. The molecule has 0 aliphatic carbocycles. The molecule has 5 nitrogen and oxygen atoms in total. The number of hydrogen-bond acceptors (Lipinski definition) is 3. The molecule has 0 aliphatic rings. The second-order valence-electron chi connectivity index (χ2n) is 5.99. The van der Waals surface area contributed by atoms with Crippen molar-refractivity contribution in [1.82, 2.24) is 5.32 Å². The van der Waals surface area contributed by atoms with Gasteiger partial charge >= 0.3 is 0 Å². The maximum Gasteiger partial charge on any atom is 0.270 e. The van der Waals surface area contributed by atoms with Crippen LogP contribution in [-0.4, -0.2) is 10.8 Å². The standard InChI is InChI=1S/C18H19ClN2O3/c1-12(2)10-17(13-6-4-3-5-7-13)20-18(22)15-9-8-14(21(23)24)11-16(15)19/h3-9,11-12,17H,10H2,1-2H3,(H,20,22)/t17-/m0/s1. The summed E-state index contributed by atoms with van der Waals surface area (Å²) in [5.41, 5.74) is 1.10. The number of nitrogens with one attached hydrogen (secondary N) is 1. The Hall–Kier alpha value is -2.40. The number of carbonyl (C=O) groups excluding carboxylic acids is 1. The van der Waals surface area contributed by atoms with Gasteiger partial charge < -0.3 is 5.32 Å². The van der Waals surface area contributed by atoms with Crippen LogP contribution in [-0.2, 0) is 0 Å². The van der Waals surface area contributed by atoms with Crippen LogP contribution < -0.4 is 5.32 Å². The van der Waals surface area contributed by atoms with Crippen LogP contribution in [0, 0.1) is 16.0 Å². The Morgan fingerprint density at radius 2 is 1.88 bits per heavy atom. The van der Waals surface area contributed by atoms with Crippen LogP contribution in [0.3, 0.4) is 0 Å². The lowest BCUT2D eigenvalue weighted by Crippen LogP contribution is -2.29. The van der Waals surface area contributed by atoms with Crippen molar-refractivity contribution in [2.24, 2.45) is 5.92 Å². The van der Waals surface area contributed by atoms with Gasteiger partial charge in [0.25, 0.3) is 11.6 Å². The molecule has 24 heavy (non-hydrogen) atoms. The van der Waals surface area contributed by atoms with Gasteiger partial charge in [-0.15, -0.1) is 0 Å². The van der Waals surface area contributed by atoms with E-state index in [1.54, 1.807) is 0 Å². The van der Waals surface area contributed by atoms with Crippen molar-refractivity contribution >= 4 is 23.2 Å². The fraction of sp³-hybridized carbons (Fsp3) is 0.278. The summed E-state index contributed by atoms with van der Waals surface area (Å²) in [5.74, 6) is 0.0484. The Kier molecular flexibility index (Phi) is 5.93. The van der Waals surface area contributed by atoms with E-state index in [0.717, 1.165) is 12.0 Å². The third kappa shape index (κ3) is 4.55. The van der Waals surface area contributed by atoms with Crippen LogP contribution in [0.5, 0.6) is 0 Å². The second kappa shape index (κ2) is 7.93. The summed E-state index contributed by atoms with van der Waals surface area (Å²) in [4.78, 5) is 22.8. The quantitative estimate of drug-likeness (QED) is 0.605. The summed E-state index contributed by atoms with van der Waals surface area (Å²) in [6, 6.07) is 13.4. The number of nitro groups is 1. The third-order valence-electron chi connectivity index (χ3n) is 3.62. The molecule has 0 bridgehead atoms. The largest absolute Gasteiger partial charge is 0.345 e. The minimum Gasteiger partial charge on any atom is -0.345 e. The van der Waals surface area contributed by atoms with E-state index >= 15 is 0 Å². The van der Waals surface area contributed by atoms with Gasteiger partial charge in [-0.3, -0.25) is 14.9 Å². The first-order valence-corrected chi connectivity index (χ1v) is 8.06. The lowest BCUT2D eigenvalue weighted by molar-refractivity contribution is -0.384. The zero-order chi connectivity index (χ0) is 17.7. The molecule has 6 heteroatoms. The molecule has 126 valence electrons. The van der Waals surface area contributed by atoms with Crippen LogP contribution in [0.2, 0.25) is 5.02 Å². The molecule has 2 rings (SSSR count). The van der Waals surface area contributed by atoms with Crippen molar-refractivity contribution < 1.29 is 9.72 Å². The molecule has 0 unspecified atom stereocenters. The molecule has 0 saturated carbocycles. The van der Waals surface area contributed by atoms with Gasteiger partial charge in [0.05, 0.1) is 21.6 Å². The van der Waals surface area contributed by atoms with Gasteiger partial charge in [0.1, 0.15) is 0 Å². The van der Waals surface area contributed by atoms with Crippen LogP contribution in [0.1, 0.15) is 42.2 Å². The highest BCUT2D eigenvalue weighted by Gasteiger charge is 2.20. The Labute approximate surface area is 145 Å². The first-order chi connectivity index (χ1) is 11.4. The molecule has 0 aromatic heterocycles. The number of nitro benzene ring substituents is 1. The van der Waals surface area contributed by atoms with Crippen molar-refractivity contribution in [2.75, 3.05) is 0 Å². The topological polar surface area (TPSA) is 72.2 Å². The SMILES string of the molecule is CC(C)C[C@H](NC(=O)c1ccc([N+](=O)[O-])cc1Cl)c1ccccc1. The van der Waals surface area contributed by atoms with E-state index in [9.17, 15) is 14.9 Å². The average Bonchev–Trinajstić information content (AvgIpc) is 2.54. The summed E-state index contributed by atoms with van der Waals surface area (Å²) in [6.07, 6.45) is 0.778. The van der Waals surface area contributed by atoms with Crippen molar-refractivity contribution in [3.63, 3.8) is 0 Å². The normalized spacial score (nSPS) is 12.0. The fourth-order valence-corrected chi connectivity index (χ4v) is 2.73. The molecule has 0 radical (unpaired) electrons. The predicted octanol–water partition coefficient (Wildman–Crippen LogP) is 4.77. The number of nitrogens with zero attached hydrogens (tertiary/aromatic N) is 1. The van der Waals surface area contributed by atoms with Crippen molar-refractivity contribution in [2.45, 2.75) is 26.3 Å². The van der Waals surface area contributed by atoms with Crippen LogP contribution in [0.15, 0.2) is 48.5 Å². The van der Waals surface area contributed by atoms with Gasteiger partial charge in [-0.05, 0) is 24.0 Å². The highest BCUT2D eigenvalue weighted by molar-refractivity contribution is 6.34. The van der Waals surface area contributed by atoms with Crippen LogP contribution >= 0.6 is 11.6 Å². The number of halogens is 1. The van der Waals surface area contributed by atoms with Crippen molar-refractivity contribution in [3.8, 4) is 0 Å². The van der Waals surface area contributed by atoms with Gasteiger partial charge in [0, 0.05) is 12.1 Å². The van der Waals surface area contributed by atoms with Gasteiger partial charge in [-0.1, -0.05) is 55.8 Å². The molecule has 0 aliphatic heterocycles. The van der Waals surface area contributed by atoms with E-state index in [4.69, 9.17) is 11.6 Å². The Balaban J connectivity index is 2.23. The number of benzene rings is 2. The highest BCUT2D eigenvalue weighted by Crippen LogP contribution is 2.25. The van der Waals surface area contributed by atoms with Crippen LogP contribution in [0.4, 0.5) is 5.69 Å². The fourth-order valence-electron chi connectivity index (χ4n) is 2.47. The smallest absolute Gasteiger partial charge is 0.270 e. The zero-order valence-electron chi connectivity index (χ0n) is 13.5. The maximum atomic E-state index is 12.5. The summed E-state index contributed by atoms with van der Waals surface area (Å²) in [5, 5.41) is 13.8. The second-order valence-corrected chi connectivity index (χ2v) is 6.39. The van der Waals surface area contributed by atoms with E-state index in [1.165, 1.54) is 18.2 Å². The Morgan fingerprint density at radius 3 is 2.42 bits per heavy atom. The number of hydrogen-bond donors (Lipinski definition) is 1. The molecule has 0 fully saturated rings.